The molecule has 1 aromatic carbocycles. The lowest BCUT2D eigenvalue weighted by atomic mass is 10.1. The molecule has 0 aliphatic carbocycles. The lowest BCUT2D eigenvalue weighted by Crippen LogP contribution is -2.04. The lowest BCUT2D eigenvalue weighted by Gasteiger charge is -2.01. The van der Waals surface area contributed by atoms with Crippen LogP contribution in [0.4, 0.5) is 0 Å². The quantitative estimate of drug-likeness (QED) is 0.803. The standard InChI is InChI=1S/C12H13NOS/c13-7-2-5-11(14)10-4-1-3-9-6-8-15-12(9)10/h1,3-4,6,8H,2,5,7,13H2. The molecule has 2 rings (SSSR count). The van der Waals surface area contributed by atoms with E-state index in [-0.39, 0.29) is 5.78 Å². The third-order valence-corrected chi connectivity index (χ3v) is 3.35. The van der Waals surface area contributed by atoms with Gasteiger partial charge in [-0.3, -0.25) is 4.79 Å². The number of ketones is 1. The second kappa shape index (κ2) is 4.55. The zero-order valence-electron chi connectivity index (χ0n) is 8.40. The Morgan fingerprint density at radius 3 is 3.00 bits per heavy atom. The van der Waals surface area contributed by atoms with Gasteiger partial charge < -0.3 is 5.73 Å². The number of benzene rings is 1. The van der Waals surface area contributed by atoms with Crippen LogP contribution >= 0.6 is 11.3 Å². The largest absolute Gasteiger partial charge is 0.330 e. The van der Waals surface area contributed by atoms with Gasteiger partial charge in [-0.2, -0.15) is 0 Å². The minimum absolute atomic E-state index is 0.202. The predicted molar refractivity (Wildman–Crippen MR) is 64.4 cm³/mol. The maximum atomic E-state index is 11.9. The molecule has 78 valence electrons. The molecule has 0 amide bonds. The van der Waals surface area contributed by atoms with Crippen molar-refractivity contribution in [3.05, 3.63) is 35.2 Å². The van der Waals surface area contributed by atoms with Crippen LogP contribution in [0.1, 0.15) is 23.2 Å². The smallest absolute Gasteiger partial charge is 0.164 e. The summed E-state index contributed by atoms with van der Waals surface area (Å²) in [6.45, 7) is 0.576. The van der Waals surface area contributed by atoms with E-state index in [4.69, 9.17) is 5.73 Å². The van der Waals surface area contributed by atoms with Crippen molar-refractivity contribution >= 4 is 27.2 Å². The molecule has 2 aromatic rings. The number of rotatable bonds is 4. The molecule has 0 radical (unpaired) electrons. The van der Waals surface area contributed by atoms with Gasteiger partial charge in [0, 0.05) is 16.7 Å². The van der Waals surface area contributed by atoms with Crippen LogP contribution in [0.5, 0.6) is 0 Å². The summed E-state index contributed by atoms with van der Waals surface area (Å²) >= 11 is 1.62. The van der Waals surface area contributed by atoms with Crippen molar-refractivity contribution in [1.29, 1.82) is 0 Å². The van der Waals surface area contributed by atoms with E-state index in [1.165, 1.54) is 0 Å². The van der Waals surface area contributed by atoms with E-state index in [1.54, 1.807) is 11.3 Å². The summed E-state index contributed by atoms with van der Waals surface area (Å²) in [6, 6.07) is 7.91. The third-order valence-electron chi connectivity index (χ3n) is 2.39. The fraction of sp³-hybridized carbons (Fsp3) is 0.250. The fourth-order valence-electron chi connectivity index (χ4n) is 1.61. The molecular weight excluding hydrogens is 206 g/mol. The van der Waals surface area contributed by atoms with Gasteiger partial charge in [-0.1, -0.05) is 12.1 Å². The van der Waals surface area contributed by atoms with Gasteiger partial charge in [-0.05, 0) is 35.9 Å². The number of thiophene rings is 1. The van der Waals surface area contributed by atoms with E-state index < -0.39 is 0 Å². The molecular formula is C12H13NOS. The van der Waals surface area contributed by atoms with Gasteiger partial charge in [-0.25, -0.2) is 0 Å². The summed E-state index contributed by atoms with van der Waals surface area (Å²) < 4.78 is 1.10. The zero-order chi connectivity index (χ0) is 10.7. The predicted octanol–water partition coefficient (Wildman–Crippen LogP) is 2.82. The van der Waals surface area contributed by atoms with Gasteiger partial charge in [0.15, 0.2) is 5.78 Å². The van der Waals surface area contributed by atoms with Crippen molar-refractivity contribution in [2.45, 2.75) is 12.8 Å². The van der Waals surface area contributed by atoms with E-state index in [0.717, 1.165) is 22.1 Å². The normalized spacial score (nSPS) is 10.7. The maximum Gasteiger partial charge on any atom is 0.164 e. The highest BCUT2D eigenvalue weighted by Gasteiger charge is 2.09. The molecule has 0 bridgehead atoms. The Hall–Kier alpha value is -1.19. The van der Waals surface area contributed by atoms with Gasteiger partial charge in [0.05, 0.1) is 0 Å². The molecule has 0 aliphatic rings. The van der Waals surface area contributed by atoms with Gasteiger partial charge in [0.2, 0.25) is 0 Å². The number of carbonyl (C=O) groups excluding carboxylic acids is 1. The average molecular weight is 219 g/mol. The van der Waals surface area contributed by atoms with Crippen molar-refractivity contribution in [2.24, 2.45) is 5.73 Å². The minimum atomic E-state index is 0.202. The summed E-state index contributed by atoms with van der Waals surface area (Å²) in [5, 5.41) is 3.17. The van der Waals surface area contributed by atoms with Crippen molar-refractivity contribution in [3.8, 4) is 0 Å². The number of fused-ring (bicyclic) bond motifs is 1. The third kappa shape index (κ3) is 2.08. The number of nitrogens with two attached hydrogens (primary N) is 1. The van der Waals surface area contributed by atoms with E-state index in [2.05, 4.69) is 0 Å². The van der Waals surface area contributed by atoms with Crippen LogP contribution in [0.2, 0.25) is 0 Å². The summed E-state index contributed by atoms with van der Waals surface area (Å²) in [6.07, 6.45) is 1.31. The highest BCUT2D eigenvalue weighted by Crippen LogP contribution is 2.25. The molecule has 0 atom stereocenters. The highest BCUT2D eigenvalue weighted by atomic mass is 32.1. The summed E-state index contributed by atoms with van der Waals surface area (Å²) in [4.78, 5) is 11.9. The Bertz CT molecular complexity index is 475. The Kier molecular flexibility index (Phi) is 3.14. The molecule has 3 heteroatoms. The van der Waals surface area contributed by atoms with Crippen LogP contribution in [0.25, 0.3) is 10.1 Å². The summed E-state index contributed by atoms with van der Waals surface area (Å²) in [7, 11) is 0. The first-order valence-corrected chi connectivity index (χ1v) is 5.90. The molecule has 15 heavy (non-hydrogen) atoms. The fourth-order valence-corrected chi connectivity index (χ4v) is 2.54. The van der Waals surface area contributed by atoms with Crippen molar-refractivity contribution in [3.63, 3.8) is 0 Å². The first-order valence-electron chi connectivity index (χ1n) is 5.02. The van der Waals surface area contributed by atoms with E-state index >= 15 is 0 Å². The molecule has 0 unspecified atom stereocenters. The van der Waals surface area contributed by atoms with Crippen LogP contribution in [0.15, 0.2) is 29.6 Å². The Morgan fingerprint density at radius 1 is 1.33 bits per heavy atom. The molecule has 0 spiro atoms. The molecule has 1 heterocycles. The SMILES string of the molecule is NCCCC(=O)c1cccc2ccsc12. The number of Topliss-reactive ketones (excluding diaryl/α,β-unsaturated/α-hetero) is 1. The van der Waals surface area contributed by atoms with Crippen molar-refractivity contribution < 1.29 is 4.79 Å². The van der Waals surface area contributed by atoms with Crippen LogP contribution < -0.4 is 5.73 Å². The Labute approximate surface area is 92.7 Å². The highest BCUT2D eigenvalue weighted by molar-refractivity contribution is 7.17. The summed E-state index contributed by atoms with van der Waals surface area (Å²) in [5.41, 5.74) is 6.24. The Balaban J connectivity index is 2.34. The summed E-state index contributed by atoms with van der Waals surface area (Å²) in [5.74, 6) is 0.202. The molecule has 2 N–H and O–H groups in total. The molecule has 2 nitrogen and oxygen atoms in total. The van der Waals surface area contributed by atoms with Crippen LogP contribution in [0.3, 0.4) is 0 Å². The Morgan fingerprint density at radius 2 is 2.20 bits per heavy atom. The minimum Gasteiger partial charge on any atom is -0.330 e. The number of hydrogen-bond acceptors (Lipinski definition) is 3. The number of hydrogen-bond donors (Lipinski definition) is 1. The molecule has 1 aromatic heterocycles. The lowest BCUT2D eigenvalue weighted by molar-refractivity contribution is 0.0982. The maximum absolute atomic E-state index is 11.9. The van der Waals surface area contributed by atoms with Crippen LogP contribution in [-0.4, -0.2) is 12.3 Å². The van der Waals surface area contributed by atoms with Gasteiger partial charge in [0.25, 0.3) is 0 Å². The zero-order valence-corrected chi connectivity index (χ0v) is 9.22. The molecule has 0 fully saturated rings. The van der Waals surface area contributed by atoms with Gasteiger partial charge in [0.1, 0.15) is 0 Å². The monoisotopic (exact) mass is 219 g/mol. The molecule has 0 saturated heterocycles. The molecule has 0 saturated carbocycles. The number of carbonyl (C=O) groups is 1. The topological polar surface area (TPSA) is 43.1 Å². The van der Waals surface area contributed by atoms with E-state index in [9.17, 15) is 4.79 Å². The van der Waals surface area contributed by atoms with Crippen molar-refractivity contribution in [2.75, 3.05) is 6.54 Å². The molecule has 0 aliphatic heterocycles. The van der Waals surface area contributed by atoms with Crippen molar-refractivity contribution in [1.82, 2.24) is 0 Å². The van der Waals surface area contributed by atoms with Gasteiger partial charge in [-0.15, -0.1) is 11.3 Å². The van der Waals surface area contributed by atoms with E-state index in [1.807, 2.05) is 29.6 Å². The van der Waals surface area contributed by atoms with Crippen LogP contribution in [0, 0.1) is 0 Å². The average Bonchev–Trinajstić information content (AvgIpc) is 2.73. The van der Waals surface area contributed by atoms with E-state index in [0.29, 0.717) is 13.0 Å². The second-order valence-electron chi connectivity index (χ2n) is 3.46. The van der Waals surface area contributed by atoms with Gasteiger partial charge >= 0.3 is 0 Å². The first kappa shape index (κ1) is 10.3. The van der Waals surface area contributed by atoms with Crippen LogP contribution in [-0.2, 0) is 0 Å². The second-order valence-corrected chi connectivity index (χ2v) is 4.38. The first-order chi connectivity index (χ1) is 7.33.